The van der Waals surface area contributed by atoms with Crippen molar-refractivity contribution in [2.75, 3.05) is 0 Å². The maximum atomic E-state index is 5.67. The molecule has 0 aliphatic rings. The van der Waals surface area contributed by atoms with Crippen LogP contribution in [0.3, 0.4) is 0 Å². The average molecular weight is 127 g/mol. The molecule has 0 aromatic heterocycles. The van der Waals surface area contributed by atoms with Crippen molar-refractivity contribution in [2.24, 2.45) is 11.7 Å². The molecule has 2 radical (unpaired) electrons. The third-order valence-electron chi connectivity index (χ3n) is 1.65. The average Bonchev–Trinajstić information content (AvgIpc) is 1.87. The minimum Gasteiger partial charge on any atom is -0.328 e. The summed E-state index contributed by atoms with van der Waals surface area (Å²) in [5.74, 6) is 0.306. The first-order chi connectivity index (χ1) is 4.20. The van der Waals surface area contributed by atoms with Crippen LogP contribution in [0.2, 0.25) is 0 Å². The second kappa shape index (κ2) is 4.80. The lowest BCUT2D eigenvalue weighted by atomic mass is 9.99. The van der Waals surface area contributed by atoms with Crippen LogP contribution in [-0.2, 0) is 0 Å². The summed E-state index contributed by atoms with van der Waals surface area (Å²) in [6.45, 7) is 9.85. The van der Waals surface area contributed by atoms with E-state index >= 15 is 0 Å². The molecule has 0 bridgehead atoms. The van der Waals surface area contributed by atoms with E-state index in [2.05, 4.69) is 13.8 Å². The fraction of sp³-hybridized carbons (Fsp3) is 0.875. The summed E-state index contributed by atoms with van der Waals surface area (Å²) in [6.07, 6.45) is 3.04. The summed E-state index contributed by atoms with van der Waals surface area (Å²) >= 11 is 0. The van der Waals surface area contributed by atoms with Gasteiger partial charge in [-0.15, -0.1) is 0 Å². The first kappa shape index (κ1) is 8.96. The van der Waals surface area contributed by atoms with Gasteiger partial charge in [0.1, 0.15) is 0 Å². The van der Waals surface area contributed by atoms with Gasteiger partial charge in [0.05, 0.1) is 0 Å². The van der Waals surface area contributed by atoms with Crippen LogP contribution < -0.4 is 5.73 Å². The van der Waals surface area contributed by atoms with Gasteiger partial charge in [0, 0.05) is 6.04 Å². The molecule has 1 heteroatoms. The van der Waals surface area contributed by atoms with Gasteiger partial charge in [0.2, 0.25) is 0 Å². The van der Waals surface area contributed by atoms with E-state index in [1.807, 2.05) is 0 Å². The second-order valence-corrected chi connectivity index (χ2v) is 2.57. The van der Waals surface area contributed by atoms with Crippen LogP contribution >= 0.6 is 0 Å². The molecule has 0 rings (SSSR count). The molecule has 0 aromatic rings. The van der Waals surface area contributed by atoms with Gasteiger partial charge < -0.3 is 5.73 Å². The Labute approximate surface area is 58.6 Å². The minimum atomic E-state index is 0.306. The molecule has 0 amide bonds. The van der Waals surface area contributed by atoms with Crippen molar-refractivity contribution in [1.29, 1.82) is 0 Å². The Kier molecular flexibility index (Phi) is 4.78. The van der Waals surface area contributed by atoms with Gasteiger partial charge in [-0.3, -0.25) is 0 Å². The van der Waals surface area contributed by atoms with Crippen LogP contribution in [0, 0.1) is 12.8 Å². The van der Waals surface area contributed by atoms with Crippen LogP contribution in [-0.4, -0.2) is 6.04 Å². The maximum Gasteiger partial charge on any atom is 0.00389 e. The van der Waals surface area contributed by atoms with Crippen LogP contribution in [0.15, 0.2) is 0 Å². The van der Waals surface area contributed by atoms with E-state index in [4.69, 9.17) is 12.7 Å². The van der Waals surface area contributed by atoms with Crippen molar-refractivity contribution in [3.05, 3.63) is 6.92 Å². The number of hydrogen-bond donors (Lipinski definition) is 1. The van der Waals surface area contributed by atoms with Gasteiger partial charge in [0.25, 0.3) is 0 Å². The number of hydrogen-bond acceptors (Lipinski definition) is 1. The molecule has 0 saturated carbocycles. The molecule has 0 saturated heterocycles. The van der Waals surface area contributed by atoms with Crippen molar-refractivity contribution < 1.29 is 0 Å². The molecule has 0 spiro atoms. The molecule has 0 aliphatic carbocycles. The van der Waals surface area contributed by atoms with Gasteiger partial charge in [-0.2, -0.15) is 0 Å². The summed E-state index contributed by atoms with van der Waals surface area (Å²) in [7, 11) is 0. The zero-order chi connectivity index (χ0) is 7.28. The smallest absolute Gasteiger partial charge is 0.00389 e. The van der Waals surface area contributed by atoms with E-state index in [1.54, 1.807) is 0 Å². The van der Waals surface area contributed by atoms with Crippen LogP contribution in [0.1, 0.15) is 33.1 Å². The minimum absolute atomic E-state index is 0.306. The van der Waals surface area contributed by atoms with Crippen molar-refractivity contribution in [3.63, 3.8) is 0 Å². The topological polar surface area (TPSA) is 26.0 Å². The molecular formula is C8H17N. The van der Waals surface area contributed by atoms with Gasteiger partial charge >= 0.3 is 0 Å². The highest BCUT2D eigenvalue weighted by Gasteiger charge is 2.04. The second-order valence-electron chi connectivity index (χ2n) is 2.57. The predicted octanol–water partition coefficient (Wildman–Crippen LogP) is 1.85. The van der Waals surface area contributed by atoms with Crippen LogP contribution in [0.5, 0.6) is 0 Å². The molecule has 9 heavy (non-hydrogen) atoms. The summed E-state index contributed by atoms with van der Waals surface area (Å²) < 4.78 is 0. The van der Waals surface area contributed by atoms with Crippen molar-refractivity contribution in [1.82, 2.24) is 0 Å². The third kappa shape index (κ3) is 4.46. The molecule has 0 fully saturated rings. The van der Waals surface area contributed by atoms with E-state index < -0.39 is 0 Å². The van der Waals surface area contributed by atoms with E-state index in [0.29, 0.717) is 12.0 Å². The molecule has 2 atom stereocenters. The zero-order valence-corrected chi connectivity index (χ0v) is 6.43. The lowest BCUT2D eigenvalue weighted by Gasteiger charge is -2.12. The highest BCUT2D eigenvalue weighted by atomic mass is 14.6. The largest absolute Gasteiger partial charge is 0.328 e. The fourth-order valence-corrected chi connectivity index (χ4v) is 0.722. The Morgan fingerprint density at radius 3 is 2.22 bits per heavy atom. The fourth-order valence-electron chi connectivity index (χ4n) is 0.722. The molecule has 2 unspecified atom stereocenters. The monoisotopic (exact) mass is 127 g/mol. The Morgan fingerprint density at radius 1 is 1.33 bits per heavy atom. The lowest BCUT2D eigenvalue weighted by molar-refractivity contribution is 0.479. The Balaban J connectivity index is 3.22. The predicted molar refractivity (Wildman–Crippen MR) is 41.0 cm³/mol. The standard InChI is InChI=1S/C8H17N/c1-4-7(3)6-8(9)5-2/h3,7-8H,4-6,9H2,1-2H3. The summed E-state index contributed by atoms with van der Waals surface area (Å²) in [5.41, 5.74) is 5.67. The van der Waals surface area contributed by atoms with Crippen molar-refractivity contribution in [2.45, 2.75) is 39.2 Å². The molecule has 0 aromatic carbocycles. The highest BCUT2D eigenvalue weighted by Crippen LogP contribution is 2.08. The summed E-state index contributed by atoms with van der Waals surface area (Å²) in [6, 6.07) is 0.306. The summed E-state index contributed by atoms with van der Waals surface area (Å²) in [5, 5.41) is 0. The molecule has 54 valence electrons. The van der Waals surface area contributed by atoms with E-state index in [0.717, 1.165) is 19.3 Å². The molecular weight excluding hydrogens is 110 g/mol. The number of rotatable bonds is 4. The van der Waals surface area contributed by atoms with Crippen molar-refractivity contribution >= 4 is 0 Å². The molecule has 2 N–H and O–H groups in total. The lowest BCUT2D eigenvalue weighted by Crippen LogP contribution is -2.21. The number of nitrogens with two attached hydrogens (primary N) is 1. The van der Waals surface area contributed by atoms with E-state index in [1.165, 1.54) is 0 Å². The SMILES string of the molecule is [CH]C(CC)CC(N)CC. The quantitative estimate of drug-likeness (QED) is 0.612. The van der Waals surface area contributed by atoms with E-state index in [-0.39, 0.29) is 0 Å². The Morgan fingerprint density at radius 2 is 1.89 bits per heavy atom. The van der Waals surface area contributed by atoms with Gasteiger partial charge in [0.15, 0.2) is 0 Å². The Bertz CT molecular complexity index is 53.6. The Hall–Kier alpha value is -0.0400. The maximum absolute atomic E-state index is 5.67. The van der Waals surface area contributed by atoms with Crippen LogP contribution in [0.25, 0.3) is 0 Å². The van der Waals surface area contributed by atoms with Crippen LogP contribution in [0.4, 0.5) is 0 Å². The summed E-state index contributed by atoms with van der Waals surface area (Å²) in [4.78, 5) is 0. The molecule has 1 nitrogen and oxygen atoms in total. The first-order valence-electron chi connectivity index (χ1n) is 3.71. The van der Waals surface area contributed by atoms with Gasteiger partial charge in [-0.1, -0.05) is 20.3 Å². The molecule has 0 heterocycles. The third-order valence-corrected chi connectivity index (χ3v) is 1.65. The normalized spacial score (nSPS) is 17.3. The van der Waals surface area contributed by atoms with Gasteiger partial charge in [-0.25, -0.2) is 0 Å². The van der Waals surface area contributed by atoms with E-state index in [9.17, 15) is 0 Å². The highest BCUT2D eigenvalue weighted by molar-refractivity contribution is 4.67. The first-order valence-corrected chi connectivity index (χ1v) is 3.71. The zero-order valence-electron chi connectivity index (χ0n) is 6.43. The molecule has 0 aliphatic heterocycles. The van der Waals surface area contributed by atoms with Gasteiger partial charge in [-0.05, 0) is 25.7 Å². The van der Waals surface area contributed by atoms with Crippen molar-refractivity contribution in [3.8, 4) is 0 Å².